The lowest BCUT2D eigenvalue weighted by Crippen LogP contribution is -2.39. The monoisotopic (exact) mass is 402 g/mol. The summed E-state index contributed by atoms with van der Waals surface area (Å²) in [5.41, 5.74) is 2.35. The number of benzene rings is 1. The first-order valence-corrected chi connectivity index (χ1v) is 10.4. The van der Waals surface area contributed by atoms with Gasteiger partial charge in [-0.3, -0.25) is 9.69 Å². The van der Waals surface area contributed by atoms with Crippen molar-refractivity contribution in [1.29, 1.82) is 0 Å². The van der Waals surface area contributed by atoms with E-state index in [1.165, 1.54) is 5.56 Å². The van der Waals surface area contributed by atoms with Crippen molar-refractivity contribution in [3.05, 3.63) is 40.6 Å². The van der Waals surface area contributed by atoms with Crippen LogP contribution in [0.2, 0.25) is 0 Å². The minimum Gasteiger partial charge on any atom is -0.479 e. The van der Waals surface area contributed by atoms with E-state index in [0.29, 0.717) is 23.7 Å². The molecule has 0 saturated heterocycles. The van der Waals surface area contributed by atoms with Crippen LogP contribution in [-0.2, 0) is 4.79 Å². The molecule has 3 amide bonds. The molecular weight excluding hydrogens is 376 g/mol. The molecule has 8 heteroatoms. The van der Waals surface area contributed by atoms with Crippen molar-refractivity contribution in [2.45, 2.75) is 32.9 Å². The van der Waals surface area contributed by atoms with Gasteiger partial charge in [0.2, 0.25) is 0 Å². The third kappa shape index (κ3) is 4.63. The average molecular weight is 403 g/mol. The number of rotatable bonds is 7. The zero-order valence-electron chi connectivity index (χ0n) is 16.3. The topological polar surface area (TPSA) is 82.7 Å². The number of urea groups is 1. The van der Waals surface area contributed by atoms with Crippen LogP contribution in [0.3, 0.4) is 0 Å². The minimum atomic E-state index is -0.524. The molecule has 0 saturated carbocycles. The number of amides is 3. The van der Waals surface area contributed by atoms with E-state index in [0.717, 1.165) is 13.1 Å². The highest BCUT2D eigenvalue weighted by molar-refractivity contribution is 7.08. The molecule has 0 unspecified atom stereocenters. The smallest absolute Gasteiger partial charge is 0.319 e. The molecule has 2 atom stereocenters. The van der Waals surface area contributed by atoms with Gasteiger partial charge in [-0.2, -0.15) is 11.3 Å². The summed E-state index contributed by atoms with van der Waals surface area (Å²) >= 11 is 1.66. The van der Waals surface area contributed by atoms with Gasteiger partial charge < -0.3 is 20.7 Å². The Morgan fingerprint density at radius 1 is 1.32 bits per heavy atom. The van der Waals surface area contributed by atoms with Crippen molar-refractivity contribution in [2.75, 3.05) is 30.3 Å². The molecule has 2 heterocycles. The maximum Gasteiger partial charge on any atom is 0.319 e. The molecule has 1 aromatic carbocycles. The molecule has 3 rings (SSSR count). The zero-order valence-corrected chi connectivity index (χ0v) is 17.1. The summed E-state index contributed by atoms with van der Waals surface area (Å²) in [4.78, 5) is 26.5. The Labute approximate surface area is 169 Å². The number of nitrogens with one attached hydrogen (secondary N) is 3. The highest BCUT2D eigenvalue weighted by atomic mass is 32.1. The molecule has 28 heavy (non-hydrogen) atoms. The van der Waals surface area contributed by atoms with Crippen molar-refractivity contribution < 1.29 is 14.3 Å². The van der Waals surface area contributed by atoms with E-state index in [-0.39, 0.29) is 18.0 Å². The SMILES string of the molecule is CCN(CC)[C@@H](CNC(=O)Nc1ccc2c(c1)NC(=O)[C@H](C)O2)c1ccsc1. The Balaban J connectivity index is 1.62. The number of thiophene rings is 1. The number of fused-ring (bicyclic) bond motifs is 1. The number of hydrogen-bond acceptors (Lipinski definition) is 5. The summed E-state index contributed by atoms with van der Waals surface area (Å²) in [7, 11) is 0. The summed E-state index contributed by atoms with van der Waals surface area (Å²) in [5.74, 6) is 0.393. The van der Waals surface area contributed by atoms with Crippen molar-refractivity contribution in [2.24, 2.45) is 0 Å². The van der Waals surface area contributed by atoms with E-state index >= 15 is 0 Å². The predicted octanol–water partition coefficient (Wildman–Crippen LogP) is 3.67. The van der Waals surface area contributed by atoms with Gasteiger partial charge in [-0.15, -0.1) is 0 Å². The van der Waals surface area contributed by atoms with Crippen molar-refractivity contribution in [3.8, 4) is 5.75 Å². The second-order valence-corrected chi connectivity index (χ2v) is 7.37. The fraction of sp³-hybridized carbons (Fsp3) is 0.400. The van der Waals surface area contributed by atoms with Crippen LogP contribution in [0.5, 0.6) is 5.75 Å². The number of carbonyl (C=O) groups excluding carboxylic acids is 2. The van der Waals surface area contributed by atoms with Crippen LogP contribution < -0.4 is 20.7 Å². The van der Waals surface area contributed by atoms with Crippen LogP contribution in [0, 0.1) is 0 Å². The summed E-state index contributed by atoms with van der Waals surface area (Å²) in [6, 6.07) is 7.13. The van der Waals surface area contributed by atoms with Crippen molar-refractivity contribution >= 4 is 34.6 Å². The second-order valence-electron chi connectivity index (χ2n) is 6.59. The molecule has 3 N–H and O–H groups in total. The van der Waals surface area contributed by atoms with Crippen LogP contribution in [0.1, 0.15) is 32.4 Å². The fourth-order valence-corrected chi connectivity index (χ4v) is 3.94. The number of nitrogens with zero attached hydrogens (tertiary/aromatic N) is 1. The van der Waals surface area contributed by atoms with Gasteiger partial charge in [-0.1, -0.05) is 13.8 Å². The van der Waals surface area contributed by atoms with Gasteiger partial charge in [0.1, 0.15) is 5.75 Å². The predicted molar refractivity (Wildman–Crippen MR) is 112 cm³/mol. The lowest BCUT2D eigenvalue weighted by molar-refractivity contribution is -0.122. The largest absolute Gasteiger partial charge is 0.479 e. The molecule has 1 aliphatic rings. The van der Waals surface area contributed by atoms with E-state index in [1.54, 1.807) is 36.5 Å². The molecule has 1 aromatic heterocycles. The number of carbonyl (C=O) groups is 2. The highest BCUT2D eigenvalue weighted by Gasteiger charge is 2.24. The number of likely N-dealkylation sites (N-methyl/N-ethyl adjacent to an activating group) is 1. The number of hydrogen-bond donors (Lipinski definition) is 3. The standard InChI is InChI=1S/C20H26N4O3S/c1-4-24(5-2)17(14-8-9-28-12-14)11-21-20(26)22-15-6-7-18-16(10-15)23-19(25)13(3)27-18/h6-10,12-13,17H,4-5,11H2,1-3H3,(H,23,25)(H2,21,22,26)/t13-,17-/m0/s1. The van der Waals surface area contributed by atoms with Crippen LogP contribution in [-0.4, -0.2) is 42.6 Å². The van der Waals surface area contributed by atoms with Crippen LogP contribution >= 0.6 is 11.3 Å². The zero-order chi connectivity index (χ0) is 20.1. The molecule has 7 nitrogen and oxygen atoms in total. The molecular formula is C20H26N4O3S. The molecule has 1 aliphatic heterocycles. The quantitative estimate of drug-likeness (QED) is 0.660. The molecule has 0 radical (unpaired) electrons. The molecule has 0 fully saturated rings. The van der Waals surface area contributed by atoms with Crippen LogP contribution in [0.15, 0.2) is 35.0 Å². The van der Waals surface area contributed by atoms with E-state index in [4.69, 9.17) is 4.74 Å². The molecule has 0 spiro atoms. The number of anilines is 2. The Hall–Kier alpha value is -2.58. The second kappa shape index (κ2) is 9.07. The third-order valence-corrected chi connectivity index (χ3v) is 5.51. The Kier molecular flexibility index (Phi) is 6.53. The first kappa shape index (κ1) is 20.2. The summed E-state index contributed by atoms with van der Waals surface area (Å²) in [5, 5.41) is 12.7. The molecule has 2 aromatic rings. The summed E-state index contributed by atoms with van der Waals surface area (Å²) in [6.07, 6.45) is -0.524. The average Bonchev–Trinajstić information content (AvgIpc) is 3.20. The van der Waals surface area contributed by atoms with E-state index in [9.17, 15) is 9.59 Å². The van der Waals surface area contributed by atoms with Gasteiger partial charge >= 0.3 is 6.03 Å². The molecule has 0 aliphatic carbocycles. The Morgan fingerprint density at radius 2 is 2.11 bits per heavy atom. The van der Waals surface area contributed by atoms with Crippen LogP contribution in [0.25, 0.3) is 0 Å². The van der Waals surface area contributed by atoms with E-state index in [2.05, 4.69) is 51.5 Å². The van der Waals surface area contributed by atoms with Gasteiger partial charge in [0.05, 0.1) is 11.7 Å². The van der Waals surface area contributed by atoms with Gasteiger partial charge in [0, 0.05) is 12.2 Å². The minimum absolute atomic E-state index is 0.129. The third-order valence-electron chi connectivity index (χ3n) is 4.81. The van der Waals surface area contributed by atoms with E-state index in [1.807, 2.05) is 0 Å². The fourth-order valence-electron chi connectivity index (χ4n) is 3.24. The van der Waals surface area contributed by atoms with Crippen molar-refractivity contribution in [3.63, 3.8) is 0 Å². The summed E-state index contributed by atoms with van der Waals surface area (Å²) in [6.45, 7) is 8.25. The normalized spacial score (nSPS) is 16.7. The van der Waals surface area contributed by atoms with Gasteiger partial charge in [-0.25, -0.2) is 4.79 Å². The number of ether oxygens (including phenoxy) is 1. The molecule has 0 bridgehead atoms. The van der Waals surface area contributed by atoms with Gasteiger partial charge in [0.25, 0.3) is 5.91 Å². The van der Waals surface area contributed by atoms with Gasteiger partial charge in [0.15, 0.2) is 6.10 Å². The maximum absolute atomic E-state index is 12.4. The Bertz CT molecular complexity index is 821. The van der Waals surface area contributed by atoms with E-state index < -0.39 is 6.10 Å². The van der Waals surface area contributed by atoms with Crippen LogP contribution in [0.4, 0.5) is 16.2 Å². The van der Waals surface area contributed by atoms with Crippen molar-refractivity contribution in [1.82, 2.24) is 10.2 Å². The highest BCUT2D eigenvalue weighted by Crippen LogP contribution is 2.32. The lowest BCUT2D eigenvalue weighted by Gasteiger charge is -2.29. The molecule has 150 valence electrons. The lowest BCUT2D eigenvalue weighted by atomic mass is 10.1. The Morgan fingerprint density at radius 3 is 2.79 bits per heavy atom. The van der Waals surface area contributed by atoms with Gasteiger partial charge in [-0.05, 0) is 60.6 Å². The first-order valence-electron chi connectivity index (χ1n) is 9.44. The maximum atomic E-state index is 12.4. The summed E-state index contributed by atoms with van der Waals surface area (Å²) < 4.78 is 5.53. The first-order chi connectivity index (χ1) is 13.5.